The van der Waals surface area contributed by atoms with E-state index in [4.69, 9.17) is 14.2 Å². The SMILES string of the molecule is CCCCCCCC(=O)OC[C@@H](COC(=O)CCCCCCCCCC(C)C)OC(=O)CCCCCCCCCCCCCCCCCCC(C)C. The van der Waals surface area contributed by atoms with E-state index in [1.807, 2.05) is 0 Å². The van der Waals surface area contributed by atoms with Gasteiger partial charge in [0.2, 0.25) is 0 Å². The summed E-state index contributed by atoms with van der Waals surface area (Å²) in [6.07, 6.45) is 37.0. The zero-order valence-corrected chi connectivity index (χ0v) is 35.4. The molecule has 0 aromatic rings. The molecule has 0 aromatic heterocycles. The van der Waals surface area contributed by atoms with Crippen LogP contribution in [0.25, 0.3) is 0 Å². The lowest BCUT2D eigenvalue weighted by atomic mass is 10.0. The van der Waals surface area contributed by atoms with E-state index in [9.17, 15) is 14.4 Å². The molecule has 0 rings (SSSR count). The Morgan fingerprint density at radius 2 is 0.635 bits per heavy atom. The van der Waals surface area contributed by atoms with E-state index in [0.717, 1.165) is 76.0 Å². The summed E-state index contributed by atoms with van der Waals surface area (Å²) in [4.78, 5) is 37.4. The first-order valence-electron chi connectivity index (χ1n) is 22.7. The van der Waals surface area contributed by atoms with Crippen LogP contribution in [0.5, 0.6) is 0 Å². The van der Waals surface area contributed by atoms with Gasteiger partial charge in [-0.05, 0) is 31.1 Å². The van der Waals surface area contributed by atoms with Crippen molar-refractivity contribution >= 4 is 17.9 Å². The first kappa shape index (κ1) is 50.4. The zero-order chi connectivity index (χ0) is 38.3. The normalized spacial score (nSPS) is 12.1. The number of carbonyl (C=O) groups excluding carboxylic acids is 3. The minimum atomic E-state index is -0.758. The highest BCUT2D eigenvalue weighted by Gasteiger charge is 2.19. The number of hydrogen-bond donors (Lipinski definition) is 0. The van der Waals surface area contributed by atoms with Gasteiger partial charge >= 0.3 is 17.9 Å². The second kappa shape index (κ2) is 39.1. The van der Waals surface area contributed by atoms with Crippen LogP contribution in [0.15, 0.2) is 0 Å². The fourth-order valence-corrected chi connectivity index (χ4v) is 6.75. The van der Waals surface area contributed by atoms with Crippen molar-refractivity contribution in [3.63, 3.8) is 0 Å². The maximum absolute atomic E-state index is 12.7. The van der Waals surface area contributed by atoms with Gasteiger partial charge in [0.25, 0.3) is 0 Å². The lowest BCUT2D eigenvalue weighted by Crippen LogP contribution is -2.30. The van der Waals surface area contributed by atoms with Gasteiger partial charge in [0.05, 0.1) is 0 Å². The van der Waals surface area contributed by atoms with Crippen LogP contribution in [0.4, 0.5) is 0 Å². The average molecular weight is 737 g/mol. The molecule has 0 saturated carbocycles. The number of ether oxygens (including phenoxy) is 3. The fourth-order valence-electron chi connectivity index (χ4n) is 6.75. The smallest absolute Gasteiger partial charge is 0.306 e. The number of carbonyl (C=O) groups is 3. The minimum absolute atomic E-state index is 0.0667. The van der Waals surface area contributed by atoms with Gasteiger partial charge in [-0.2, -0.15) is 0 Å². The Bertz CT molecular complexity index is 794. The molecule has 0 fully saturated rings. The van der Waals surface area contributed by atoms with Crippen LogP contribution in [0.2, 0.25) is 0 Å². The molecule has 0 aliphatic carbocycles. The van der Waals surface area contributed by atoms with Crippen LogP contribution < -0.4 is 0 Å². The molecule has 0 bridgehead atoms. The zero-order valence-electron chi connectivity index (χ0n) is 35.4. The molecular weight excluding hydrogens is 649 g/mol. The van der Waals surface area contributed by atoms with Crippen LogP contribution in [-0.4, -0.2) is 37.2 Å². The van der Waals surface area contributed by atoms with Gasteiger partial charge in [-0.15, -0.1) is 0 Å². The van der Waals surface area contributed by atoms with Crippen LogP contribution in [-0.2, 0) is 28.6 Å². The van der Waals surface area contributed by atoms with Gasteiger partial charge in [0.1, 0.15) is 13.2 Å². The average Bonchev–Trinajstić information content (AvgIpc) is 3.11. The summed E-state index contributed by atoms with van der Waals surface area (Å²) in [7, 11) is 0. The number of hydrogen-bond acceptors (Lipinski definition) is 6. The molecule has 0 saturated heterocycles. The highest BCUT2D eigenvalue weighted by atomic mass is 16.6. The molecule has 1 atom stereocenters. The molecule has 0 unspecified atom stereocenters. The Balaban J connectivity index is 4.12. The van der Waals surface area contributed by atoms with Crippen molar-refractivity contribution in [2.45, 2.75) is 253 Å². The van der Waals surface area contributed by atoms with Crippen LogP contribution in [0.3, 0.4) is 0 Å². The van der Waals surface area contributed by atoms with Crippen molar-refractivity contribution in [2.24, 2.45) is 11.8 Å². The molecule has 308 valence electrons. The van der Waals surface area contributed by atoms with Crippen molar-refractivity contribution in [1.82, 2.24) is 0 Å². The molecule has 0 aliphatic heterocycles. The Morgan fingerprint density at radius 1 is 0.365 bits per heavy atom. The predicted octanol–water partition coefficient (Wildman–Crippen LogP) is 14.2. The molecule has 0 heterocycles. The molecule has 0 N–H and O–H groups in total. The van der Waals surface area contributed by atoms with Gasteiger partial charge in [0.15, 0.2) is 6.10 Å². The van der Waals surface area contributed by atoms with Gasteiger partial charge < -0.3 is 14.2 Å². The quantitative estimate of drug-likeness (QED) is 0.0354. The molecule has 0 amide bonds. The Labute approximate surface area is 323 Å². The van der Waals surface area contributed by atoms with E-state index < -0.39 is 6.10 Å². The number of esters is 3. The van der Waals surface area contributed by atoms with Gasteiger partial charge in [0, 0.05) is 19.3 Å². The van der Waals surface area contributed by atoms with E-state index >= 15 is 0 Å². The second-order valence-electron chi connectivity index (χ2n) is 16.6. The Morgan fingerprint density at radius 3 is 0.942 bits per heavy atom. The molecule has 6 nitrogen and oxygen atoms in total. The van der Waals surface area contributed by atoms with Crippen molar-refractivity contribution < 1.29 is 28.6 Å². The van der Waals surface area contributed by atoms with E-state index in [1.54, 1.807) is 0 Å². The third kappa shape index (κ3) is 39.6. The maximum Gasteiger partial charge on any atom is 0.306 e. The van der Waals surface area contributed by atoms with Gasteiger partial charge in [-0.25, -0.2) is 0 Å². The first-order chi connectivity index (χ1) is 25.2. The second-order valence-corrected chi connectivity index (χ2v) is 16.6. The summed E-state index contributed by atoms with van der Waals surface area (Å²) < 4.78 is 16.6. The van der Waals surface area contributed by atoms with Crippen LogP contribution in [0.1, 0.15) is 247 Å². The fraction of sp³-hybridized carbons (Fsp3) is 0.935. The molecule has 0 aromatic carbocycles. The van der Waals surface area contributed by atoms with E-state index in [-0.39, 0.29) is 31.1 Å². The van der Waals surface area contributed by atoms with Crippen molar-refractivity contribution in [2.75, 3.05) is 13.2 Å². The van der Waals surface area contributed by atoms with Crippen molar-refractivity contribution in [1.29, 1.82) is 0 Å². The number of rotatable bonds is 40. The number of unbranched alkanes of at least 4 members (excludes halogenated alkanes) is 25. The summed E-state index contributed by atoms with van der Waals surface area (Å²) in [5.41, 5.74) is 0. The lowest BCUT2D eigenvalue weighted by molar-refractivity contribution is -0.167. The molecule has 0 aliphatic rings. The largest absolute Gasteiger partial charge is 0.462 e. The van der Waals surface area contributed by atoms with E-state index in [1.165, 1.54) is 128 Å². The molecule has 0 radical (unpaired) electrons. The Hall–Kier alpha value is -1.59. The molecule has 0 spiro atoms. The standard InChI is InChI=1S/C46H88O6/c1-6-7-8-24-31-36-44(47)50-39-43(40-51-45(48)37-32-27-23-19-21-26-30-35-42(4)5)52-46(49)38-33-28-22-18-16-14-12-10-9-11-13-15-17-20-25-29-34-41(2)3/h41-43H,6-40H2,1-5H3/t43-/m0/s1. The van der Waals surface area contributed by atoms with Crippen LogP contribution >= 0.6 is 0 Å². The monoisotopic (exact) mass is 737 g/mol. The van der Waals surface area contributed by atoms with Gasteiger partial charge in [-0.3, -0.25) is 14.4 Å². The molecule has 6 heteroatoms. The molecule has 52 heavy (non-hydrogen) atoms. The summed E-state index contributed by atoms with van der Waals surface area (Å²) in [5, 5.41) is 0. The third-order valence-corrected chi connectivity index (χ3v) is 10.2. The van der Waals surface area contributed by atoms with Crippen molar-refractivity contribution in [3.8, 4) is 0 Å². The highest BCUT2D eigenvalue weighted by Crippen LogP contribution is 2.17. The summed E-state index contributed by atoms with van der Waals surface area (Å²) in [6, 6.07) is 0. The summed E-state index contributed by atoms with van der Waals surface area (Å²) in [5.74, 6) is 0.760. The van der Waals surface area contributed by atoms with Gasteiger partial charge in [-0.1, -0.05) is 208 Å². The van der Waals surface area contributed by atoms with Crippen molar-refractivity contribution in [3.05, 3.63) is 0 Å². The van der Waals surface area contributed by atoms with E-state index in [0.29, 0.717) is 19.3 Å². The van der Waals surface area contributed by atoms with E-state index in [2.05, 4.69) is 34.6 Å². The summed E-state index contributed by atoms with van der Waals surface area (Å²) >= 11 is 0. The Kier molecular flexibility index (Phi) is 37.9. The summed E-state index contributed by atoms with van der Waals surface area (Å²) in [6.45, 7) is 11.2. The predicted molar refractivity (Wildman–Crippen MR) is 220 cm³/mol. The topological polar surface area (TPSA) is 78.9 Å². The minimum Gasteiger partial charge on any atom is -0.462 e. The van der Waals surface area contributed by atoms with Crippen LogP contribution in [0, 0.1) is 11.8 Å². The highest BCUT2D eigenvalue weighted by molar-refractivity contribution is 5.71. The molecular formula is C46H88O6. The maximum atomic E-state index is 12.7. The first-order valence-corrected chi connectivity index (χ1v) is 22.7. The lowest BCUT2D eigenvalue weighted by Gasteiger charge is -2.18. The third-order valence-electron chi connectivity index (χ3n) is 10.2.